The standard InChI is InChI=1S/C22H30N4O/c1-4-21(18-9-8-15(2)25-16(18)3)27-22-19-13-26(12-17-6-5-7-17)11-10-20(19)23-14-24-22/h8-9,14,17,21H,4-7,10-13H2,1-3H3. The Labute approximate surface area is 162 Å². The fraction of sp³-hybridized carbons (Fsp3) is 0.591. The lowest BCUT2D eigenvalue weighted by Gasteiger charge is -2.35. The smallest absolute Gasteiger partial charge is 0.221 e. The van der Waals surface area contributed by atoms with Gasteiger partial charge >= 0.3 is 0 Å². The summed E-state index contributed by atoms with van der Waals surface area (Å²) in [5, 5.41) is 0. The maximum atomic E-state index is 6.44. The second-order valence-electron chi connectivity index (χ2n) is 8.03. The number of aryl methyl sites for hydroxylation is 2. The Kier molecular flexibility index (Phi) is 5.39. The van der Waals surface area contributed by atoms with Gasteiger partial charge in [-0.15, -0.1) is 0 Å². The third kappa shape index (κ3) is 3.98. The Morgan fingerprint density at radius 2 is 2.07 bits per heavy atom. The van der Waals surface area contributed by atoms with Crippen LogP contribution in [0.3, 0.4) is 0 Å². The second-order valence-corrected chi connectivity index (χ2v) is 8.03. The zero-order valence-electron chi connectivity index (χ0n) is 16.7. The van der Waals surface area contributed by atoms with Gasteiger partial charge in [0.1, 0.15) is 12.4 Å². The minimum absolute atomic E-state index is 0.0286. The average molecular weight is 367 g/mol. The van der Waals surface area contributed by atoms with Crippen LogP contribution in [0.1, 0.15) is 66.9 Å². The summed E-state index contributed by atoms with van der Waals surface area (Å²) < 4.78 is 6.44. The van der Waals surface area contributed by atoms with Crippen molar-refractivity contribution in [1.29, 1.82) is 0 Å². The van der Waals surface area contributed by atoms with E-state index >= 15 is 0 Å². The van der Waals surface area contributed by atoms with Gasteiger partial charge in [0.05, 0.1) is 5.69 Å². The number of hydrogen-bond acceptors (Lipinski definition) is 5. The van der Waals surface area contributed by atoms with Gasteiger partial charge < -0.3 is 4.74 Å². The average Bonchev–Trinajstić information content (AvgIpc) is 2.63. The van der Waals surface area contributed by atoms with E-state index in [1.54, 1.807) is 6.33 Å². The monoisotopic (exact) mass is 366 g/mol. The van der Waals surface area contributed by atoms with E-state index in [-0.39, 0.29) is 6.10 Å². The fourth-order valence-electron chi connectivity index (χ4n) is 4.21. The topological polar surface area (TPSA) is 51.1 Å². The molecule has 4 rings (SSSR count). The van der Waals surface area contributed by atoms with Crippen molar-refractivity contribution in [2.75, 3.05) is 13.1 Å². The maximum Gasteiger partial charge on any atom is 0.221 e. The number of hydrogen-bond donors (Lipinski definition) is 0. The van der Waals surface area contributed by atoms with Crippen molar-refractivity contribution in [1.82, 2.24) is 19.9 Å². The zero-order chi connectivity index (χ0) is 18.8. The molecule has 0 saturated heterocycles. The highest BCUT2D eigenvalue weighted by Crippen LogP contribution is 2.33. The minimum Gasteiger partial charge on any atom is -0.469 e. The van der Waals surface area contributed by atoms with Gasteiger partial charge in [-0.1, -0.05) is 19.4 Å². The molecular weight excluding hydrogens is 336 g/mol. The zero-order valence-corrected chi connectivity index (χ0v) is 16.7. The van der Waals surface area contributed by atoms with Crippen LogP contribution in [0.25, 0.3) is 0 Å². The molecule has 3 heterocycles. The number of nitrogens with zero attached hydrogens (tertiary/aromatic N) is 4. The molecule has 1 aliphatic heterocycles. The lowest BCUT2D eigenvalue weighted by Crippen LogP contribution is -2.37. The summed E-state index contributed by atoms with van der Waals surface area (Å²) in [4.78, 5) is 16.2. The number of ether oxygens (including phenoxy) is 1. The molecule has 5 heteroatoms. The van der Waals surface area contributed by atoms with E-state index in [0.29, 0.717) is 0 Å². The van der Waals surface area contributed by atoms with Crippen LogP contribution in [0.2, 0.25) is 0 Å². The first-order valence-electron chi connectivity index (χ1n) is 10.3. The Morgan fingerprint density at radius 3 is 2.78 bits per heavy atom. The molecular formula is C22H30N4O. The molecule has 1 atom stereocenters. The Bertz CT molecular complexity index is 803. The molecule has 27 heavy (non-hydrogen) atoms. The number of aromatic nitrogens is 3. The molecule has 0 N–H and O–H groups in total. The molecule has 1 saturated carbocycles. The molecule has 1 aliphatic carbocycles. The van der Waals surface area contributed by atoms with Crippen molar-refractivity contribution in [3.05, 3.63) is 46.7 Å². The fourth-order valence-corrected chi connectivity index (χ4v) is 4.21. The molecule has 2 aromatic heterocycles. The number of fused-ring (bicyclic) bond motifs is 1. The van der Waals surface area contributed by atoms with Crippen LogP contribution in [0.4, 0.5) is 0 Å². The predicted molar refractivity (Wildman–Crippen MR) is 106 cm³/mol. The lowest BCUT2D eigenvalue weighted by atomic mass is 9.84. The van der Waals surface area contributed by atoms with Crippen molar-refractivity contribution in [3.8, 4) is 5.88 Å². The Hall–Kier alpha value is -2.01. The van der Waals surface area contributed by atoms with Crippen LogP contribution in [-0.2, 0) is 13.0 Å². The molecule has 1 unspecified atom stereocenters. The van der Waals surface area contributed by atoms with Gasteiger partial charge in [0.25, 0.3) is 0 Å². The molecule has 2 aliphatic rings. The first-order chi connectivity index (χ1) is 13.1. The van der Waals surface area contributed by atoms with E-state index in [0.717, 1.165) is 60.4 Å². The molecule has 0 amide bonds. The maximum absolute atomic E-state index is 6.44. The number of rotatable bonds is 6. The van der Waals surface area contributed by atoms with Crippen LogP contribution in [0, 0.1) is 19.8 Å². The van der Waals surface area contributed by atoms with Gasteiger partial charge in [0.15, 0.2) is 0 Å². The van der Waals surface area contributed by atoms with E-state index in [9.17, 15) is 0 Å². The first kappa shape index (κ1) is 18.4. The molecule has 0 bridgehead atoms. The van der Waals surface area contributed by atoms with Gasteiger partial charge in [0.2, 0.25) is 5.88 Å². The summed E-state index contributed by atoms with van der Waals surface area (Å²) in [5.41, 5.74) is 5.56. The summed E-state index contributed by atoms with van der Waals surface area (Å²) >= 11 is 0. The Morgan fingerprint density at radius 1 is 1.22 bits per heavy atom. The normalized spacial score (nSPS) is 18.6. The van der Waals surface area contributed by atoms with Crippen molar-refractivity contribution in [3.63, 3.8) is 0 Å². The third-order valence-corrected chi connectivity index (χ3v) is 6.02. The summed E-state index contributed by atoms with van der Waals surface area (Å²) in [5.74, 6) is 1.63. The van der Waals surface area contributed by atoms with Crippen molar-refractivity contribution < 1.29 is 4.74 Å². The van der Waals surface area contributed by atoms with Crippen molar-refractivity contribution >= 4 is 0 Å². The molecule has 144 valence electrons. The van der Waals surface area contributed by atoms with Gasteiger partial charge in [-0.25, -0.2) is 9.97 Å². The van der Waals surface area contributed by atoms with Crippen molar-refractivity contribution in [2.24, 2.45) is 5.92 Å². The SMILES string of the molecule is CCC(Oc1ncnc2c1CN(CC1CCC1)CC2)c1ccc(C)nc1C. The van der Waals surface area contributed by atoms with Gasteiger partial charge in [0, 0.05) is 48.6 Å². The van der Waals surface area contributed by atoms with E-state index < -0.39 is 0 Å². The summed E-state index contributed by atoms with van der Waals surface area (Å²) in [7, 11) is 0. The van der Waals surface area contributed by atoms with Gasteiger partial charge in [-0.3, -0.25) is 9.88 Å². The highest BCUT2D eigenvalue weighted by Gasteiger charge is 2.27. The molecule has 0 aromatic carbocycles. The molecule has 1 fully saturated rings. The molecule has 5 nitrogen and oxygen atoms in total. The minimum atomic E-state index is -0.0286. The lowest BCUT2D eigenvalue weighted by molar-refractivity contribution is 0.152. The summed E-state index contributed by atoms with van der Waals surface area (Å²) in [6.45, 7) is 9.44. The highest BCUT2D eigenvalue weighted by atomic mass is 16.5. The molecule has 2 aromatic rings. The van der Waals surface area contributed by atoms with Crippen LogP contribution in [-0.4, -0.2) is 32.9 Å². The van der Waals surface area contributed by atoms with Crippen molar-refractivity contribution in [2.45, 2.75) is 65.5 Å². The van der Waals surface area contributed by atoms with Gasteiger partial charge in [-0.2, -0.15) is 0 Å². The Balaban J connectivity index is 1.55. The molecule has 0 radical (unpaired) electrons. The second kappa shape index (κ2) is 7.93. The number of pyridine rings is 1. The summed E-state index contributed by atoms with van der Waals surface area (Å²) in [6.07, 6.45) is 7.67. The summed E-state index contributed by atoms with van der Waals surface area (Å²) in [6, 6.07) is 4.20. The van der Waals surface area contributed by atoms with Crippen LogP contribution in [0.15, 0.2) is 18.5 Å². The van der Waals surface area contributed by atoms with Crippen LogP contribution >= 0.6 is 0 Å². The van der Waals surface area contributed by atoms with E-state index in [1.165, 1.54) is 31.4 Å². The third-order valence-electron chi connectivity index (χ3n) is 6.02. The quantitative estimate of drug-likeness (QED) is 0.768. The largest absolute Gasteiger partial charge is 0.469 e. The highest BCUT2D eigenvalue weighted by molar-refractivity contribution is 5.33. The van der Waals surface area contributed by atoms with Gasteiger partial charge in [-0.05, 0) is 45.1 Å². The van der Waals surface area contributed by atoms with Crippen LogP contribution < -0.4 is 4.74 Å². The first-order valence-corrected chi connectivity index (χ1v) is 10.3. The predicted octanol–water partition coefficient (Wildman–Crippen LogP) is 4.18. The van der Waals surface area contributed by atoms with E-state index in [1.807, 2.05) is 6.92 Å². The van der Waals surface area contributed by atoms with E-state index in [4.69, 9.17) is 4.74 Å². The van der Waals surface area contributed by atoms with E-state index in [2.05, 4.69) is 45.8 Å². The van der Waals surface area contributed by atoms with Crippen LogP contribution in [0.5, 0.6) is 5.88 Å². The molecule has 0 spiro atoms.